The number of hydrogen-bond acceptors (Lipinski definition) is 5. The zero-order valence-electron chi connectivity index (χ0n) is 20.2. The molecule has 1 unspecified atom stereocenters. The standard InChI is InChI=1S/C27H33Cl2N3O3/c1-20-4-2-11-31(20)12-3-17-35-23-8-5-21(6-9-23)26(33)19-30-13-15-32(16-14-30)27(34)22-7-10-24(28)25(29)18-22/h5-10,18,20H,2-4,11-17,19H2,1H3. The number of ether oxygens (including phenoxy) is 1. The smallest absolute Gasteiger partial charge is 0.253 e. The lowest BCUT2D eigenvalue weighted by Gasteiger charge is -2.34. The Bertz CT molecular complexity index is 1020. The minimum absolute atomic E-state index is 0.0694. The van der Waals surface area contributed by atoms with E-state index in [-0.39, 0.29) is 11.7 Å². The summed E-state index contributed by atoms with van der Waals surface area (Å²) >= 11 is 12.0. The fourth-order valence-electron chi connectivity index (χ4n) is 4.73. The van der Waals surface area contributed by atoms with Gasteiger partial charge in [0.25, 0.3) is 5.91 Å². The van der Waals surface area contributed by atoms with E-state index in [1.807, 2.05) is 24.3 Å². The van der Waals surface area contributed by atoms with Gasteiger partial charge >= 0.3 is 0 Å². The van der Waals surface area contributed by atoms with Gasteiger partial charge in [0.2, 0.25) is 0 Å². The van der Waals surface area contributed by atoms with Crippen molar-refractivity contribution in [2.75, 3.05) is 52.4 Å². The van der Waals surface area contributed by atoms with Gasteiger partial charge in [0, 0.05) is 49.9 Å². The highest BCUT2D eigenvalue weighted by Crippen LogP contribution is 2.24. The number of piperazine rings is 1. The van der Waals surface area contributed by atoms with Gasteiger partial charge < -0.3 is 14.5 Å². The van der Waals surface area contributed by atoms with E-state index in [1.165, 1.54) is 19.4 Å². The average molecular weight is 518 g/mol. The molecule has 2 aliphatic rings. The Morgan fingerprint density at radius 2 is 1.66 bits per heavy atom. The fourth-order valence-corrected chi connectivity index (χ4v) is 5.03. The van der Waals surface area contributed by atoms with E-state index in [0.717, 1.165) is 18.7 Å². The highest BCUT2D eigenvalue weighted by atomic mass is 35.5. The molecule has 0 saturated carbocycles. The summed E-state index contributed by atoms with van der Waals surface area (Å²) in [4.78, 5) is 31.9. The minimum atomic E-state index is -0.0694. The van der Waals surface area contributed by atoms with E-state index in [9.17, 15) is 9.59 Å². The molecular formula is C27H33Cl2N3O3. The lowest BCUT2D eigenvalue weighted by atomic mass is 10.1. The zero-order valence-corrected chi connectivity index (χ0v) is 21.7. The quantitative estimate of drug-likeness (QED) is 0.350. The Kier molecular flexibility index (Phi) is 9.06. The maximum absolute atomic E-state index is 12.8. The number of amides is 1. The Morgan fingerprint density at radius 1 is 0.943 bits per heavy atom. The topological polar surface area (TPSA) is 53.1 Å². The van der Waals surface area contributed by atoms with Gasteiger partial charge in [-0.05, 0) is 75.2 Å². The van der Waals surface area contributed by atoms with E-state index >= 15 is 0 Å². The van der Waals surface area contributed by atoms with E-state index < -0.39 is 0 Å². The lowest BCUT2D eigenvalue weighted by Crippen LogP contribution is -2.49. The summed E-state index contributed by atoms with van der Waals surface area (Å²) in [5.74, 6) is 0.800. The predicted molar refractivity (Wildman–Crippen MR) is 140 cm³/mol. The minimum Gasteiger partial charge on any atom is -0.494 e. The molecule has 0 N–H and O–H groups in total. The van der Waals surface area contributed by atoms with Crippen LogP contribution in [0, 0.1) is 0 Å². The third kappa shape index (κ3) is 6.98. The van der Waals surface area contributed by atoms with Gasteiger partial charge in [-0.1, -0.05) is 23.2 Å². The molecule has 2 aliphatic heterocycles. The molecule has 0 aromatic heterocycles. The second kappa shape index (κ2) is 12.2. The van der Waals surface area contributed by atoms with E-state index in [4.69, 9.17) is 27.9 Å². The van der Waals surface area contributed by atoms with Gasteiger partial charge in [-0.2, -0.15) is 0 Å². The van der Waals surface area contributed by atoms with Gasteiger partial charge in [-0.15, -0.1) is 0 Å². The summed E-state index contributed by atoms with van der Waals surface area (Å²) in [5.41, 5.74) is 1.20. The first-order chi connectivity index (χ1) is 16.9. The molecule has 2 saturated heterocycles. The van der Waals surface area contributed by atoms with Crippen molar-refractivity contribution < 1.29 is 14.3 Å². The average Bonchev–Trinajstić information content (AvgIpc) is 3.28. The summed E-state index contributed by atoms with van der Waals surface area (Å²) in [5, 5.41) is 0.799. The van der Waals surface area contributed by atoms with Crippen LogP contribution in [-0.4, -0.2) is 84.9 Å². The Labute approximate surface area is 217 Å². The molecule has 1 amide bonds. The fraction of sp³-hybridized carbons (Fsp3) is 0.481. The molecule has 2 heterocycles. The Balaban J connectivity index is 1.18. The molecular weight excluding hydrogens is 485 g/mol. The molecule has 0 bridgehead atoms. The van der Waals surface area contributed by atoms with Crippen LogP contribution in [0.1, 0.15) is 46.9 Å². The number of benzene rings is 2. The van der Waals surface area contributed by atoms with Crippen LogP contribution in [0.3, 0.4) is 0 Å². The third-order valence-corrected chi connectivity index (χ3v) is 7.66. The number of hydrogen-bond donors (Lipinski definition) is 0. The number of ketones is 1. The summed E-state index contributed by atoms with van der Waals surface area (Å²) in [6.07, 6.45) is 3.59. The number of halogens is 2. The van der Waals surface area contributed by atoms with E-state index in [2.05, 4.69) is 16.7 Å². The van der Waals surface area contributed by atoms with Gasteiger partial charge in [0.05, 0.1) is 23.2 Å². The molecule has 4 rings (SSSR count). The summed E-state index contributed by atoms with van der Waals surface area (Å²) in [6, 6.07) is 13.0. The highest BCUT2D eigenvalue weighted by molar-refractivity contribution is 6.42. The van der Waals surface area contributed by atoms with Crippen LogP contribution in [0.5, 0.6) is 5.75 Å². The number of rotatable bonds is 9. The van der Waals surface area contributed by atoms with Crippen molar-refractivity contribution in [3.8, 4) is 5.75 Å². The molecule has 0 spiro atoms. The first kappa shape index (κ1) is 26.0. The number of likely N-dealkylation sites (tertiary alicyclic amines) is 1. The van der Waals surface area contributed by atoms with Crippen LogP contribution in [0.2, 0.25) is 10.0 Å². The molecule has 1 atom stereocenters. The van der Waals surface area contributed by atoms with Gasteiger partial charge in [-0.25, -0.2) is 0 Å². The SMILES string of the molecule is CC1CCCN1CCCOc1ccc(C(=O)CN2CCN(C(=O)c3ccc(Cl)c(Cl)c3)CC2)cc1. The van der Waals surface area contributed by atoms with Crippen molar-refractivity contribution >= 4 is 34.9 Å². The third-order valence-electron chi connectivity index (χ3n) is 6.92. The van der Waals surface area contributed by atoms with Crippen molar-refractivity contribution in [1.82, 2.24) is 14.7 Å². The van der Waals surface area contributed by atoms with E-state index in [1.54, 1.807) is 23.1 Å². The summed E-state index contributed by atoms with van der Waals surface area (Å²) < 4.78 is 5.87. The second-order valence-electron chi connectivity index (χ2n) is 9.37. The van der Waals surface area contributed by atoms with Crippen LogP contribution in [0.15, 0.2) is 42.5 Å². The molecule has 0 radical (unpaired) electrons. The van der Waals surface area contributed by atoms with Gasteiger partial charge in [-0.3, -0.25) is 14.5 Å². The lowest BCUT2D eigenvalue weighted by molar-refractivity contribution is 0.0624. The zero-order chi connectivity index (χ0) is 24.8. The van der Waals surface area contributed by atoms with Crippen molar-refractivity contribution in [3.05, 3.63) is 63.6 Å². The van der Waals surface area contributed by atoms with Crippen molar-refractivity contribution in [3.63, 3.8) is 0 Å². The number of carbonyl (C=O) groups excluding carboxylic acids is 2. The monoisotopic (exact) mass is 517 g/mol. The molecule has 188 valence electrons. The number of Topliss-reactive ketones (excluding diaryl/α,β-unsaturated/α-hetero) is 1. The van der Waals surface area contributed by atoms with Crippen LogP contribution in [0.4, 0.5) is 0 Å². The number of carbonyl (C=O) groups is 2. The predicted octanol–water partition coefficient (Wildman–Crippen LogP) is 4.89. The second-order valence-corrected chi connectivity index (χ2v) is 10.2. The molecule has 6 nitrogen and oxygen atoms in total. The highest BCUT2D eigenvalue weighted by Gasteiger charge is 2.24. The molecule has 35 heavy (non-hydrogen) atoms. The molecule has 2 aromatic rings. The van der Waals surface area contributed by atoms with Crippen LogP contribution >= 0.6 is 23.2 Å². The largest absolute Gasteiger partial charge is 0.494 e. The molecule has 0 aliphatic carbocycles. The Morgan fingerprint density at radius 3 is 2.31 bits per heavy atom. The van der Waals surface area contributed by atoms with Gasteiger partial charge in [0.1, 0.15) is 5.75 Å². The summed E-state index contributed by atoms with van der Waals surface area (Å²) in [6.45, 7) is 8.01. The van der Waals surface area contributed by atoms with Gasteiger partial charge in [0.15, 0.2) is 5.78 Å². The van der Waals surface area contributed by atoms with Crippen molar-refractivity contribution in [2.45, 2.75) is 32.2 Å². The molecule has 2 fully saturated rings. The first-order valence-corrected chi connectivity index (χ1v) is 13.1. The number of nitrogens with zero attached hydrogens (tertiary/aromatic N) is 3. The van der Waals surface area contributed by atoms with Crippen LogP contribution in [0.25, 0.3) is 0 Å². The van der Waals surface area contributed by atoms with E-state index in [0.29, 0.717) is 66.5 Å². The Hall–Kier alpha value is -2.12. The van der Waals surface area contributed by atoms with Crippen molar-refractivity contribution in [2.24, 2.45) is 0 Å². The maximum atomic E-state index is 12.8. The first-order valence-electron chi connectivity index (χ1n) is 12.4. The van der Waals surface area contributed by atoms with Crippen LogP contribution < -0.4 is 4.74 Å². The molecule has 8 heteroatoms. The van der Waals surface area contributed by atoms with Crippen molar-refractivity contribution in [1.29, 1.82) is 0 Å². The maximum Gasteiger partial charge on any atom is 0.253 e. The summed E-state index contributed by atoms with van der Waals surface area (Å²) in [7, 11) is 0. The normalized spacial score (nSPS) is 19.2. The van der Waals surface area contributed by atoms with Crippen LogP contribution in [-0.2, 0) is 0 Å². The molecule has 2 aromatic carbocycles.